The van der Waals surface area contributed by atoms with Crippen LogP contribution in [-0.4, -0.2) is 5.38 Å². The molecule has 0 aromatic heterocycles. The summed E-state index contributed by atoms with van der Waals surface area (Å²) in [6.45, 7) is 4.05. The normalized spacial score (nSPS) is 14.5. The molecule has 0 rings (SSSR count). The molecule has 0 nitrogen and oxygen atoms in total. The predicted octanol–water partition coefficient (Wildman–Crippen LogP) is 2.23. The maximum Gasteiger partial charge on any atom is 0.0339 e. The summed E-state index contributed by atoms with van der Waals surface area (Å²) in [5.41, 5.74) is 0. The molecule has 0 aromatic carbocycles. The summed E-state index contributed by atoms with van der Waals surface area (Å²) in [5, 5.41) is 0.245. The van der Waals surface area contributed by atoms with Gasteiger partial charge in [-0.2, -0.15) is 0 Å². The zero-order valence-corrected chi connectivity index (χ0v) is 5.00. The molecule has 0 aromatic rings. The van der Waals surface area contributed by atoms with Crippen molar-refractivity contribution in [2.45, 2.75) is 25.6 Å². The second-order valence-corrected chi connectivity index (χ2v) is 2.01. The predicted molar refractivity (Wildman–Crippen MR) is 29.9 cm³/mol. The Morgan fingerprint density at radius 2 is 2.33 bits per heavy atom. The molecule has 0 heterocycles. The molecule has 0 bridgehead atoms. The van der Waals surface area contributed by atoms with Crippen molar-refractivity contribution in [3.63, 3.8) is 0 Å². The minimum Gasteiger partial charge on any atom is -0.123 e. The Bertz CT molecular complexity index is 25.1. The summed E-state index contributed by atoms with van der Waals surface area (Å²) < 4.78 is 0. The van der Waals surface area contributed by atoms with Gasteiger partial charge in [0.05, 0.1) is 0 Å². The van der Waals surface area contributed by atoms with Crippen molar-refractivity contribution in [2.24, 2.45) is 0 Å². The van der Waals surface area contributed by atoms with E-state index in [1.54, 1.807) is 0 Å². The lowest BCUT2D eigenvalue weighted by Gasteiger charge is -1.92. The average molecular weight is 106 g/mol. The van der Waals surface area contributed by atoms with Gasteiger partial charge in [-0.05, 0) is 13.3 Å². The Balaban J connectivity index is 2.63. The largest absolute Gasteiger partial charge is 0.123 e. The van der Waals surface area contributed by atoms with Crippen LogP contribution in [0.5, 0.6) is 0 Å². The van der Waals surface area contributed by atoms with E-state index in [0.717, 1.165) is 6.42 Å². The summed E-state index contributed by atoms with van der Waals surface area (Å²) in [4.78, 5) is 0. The fourth-order valence-corrected chi connectivity index (χ4v) is 0.503. The highest BCUT2D eigenvalue weighted by Gasteiger charge is 1.89. The summed E-state index contributed by atoms with van der Waals surface area (Å²) >= 11 is 5.52. The average Bonchev–Trinajstić information content (AvgIpc) is 1.35. The van der Waals surface area contributed by atoms with Crippen molar-refractivity contribution in [2.75, 3.05) is 0 Å². The van der Waals surface area contributed by atoms with E-state index in [0.29, 0.717) is 0 Å². The Kier molecular flexibility index (Phi) is 3.65. The van der Waals surface area contributed by atoms with Crippen LogP contribution in [0.1, 0.15) is 20.3 Å². The molecule has 1 heteroatoms. The molecule has 0 saturated carbocycles. The Hall–Kier alpha value is 0.290. The maximum absolute atomic E-state index is 5.52. The first-order valence-corrected chi connectivity index (χ1v) is 2.68. The second-order valence-electron chi connectivity index (χ2n) is 1.32. The third kappa shape index (κ3) is 4.29. The lowest BCUT2D eigenvalue weighted by molar-refractivity contribution is 0.977. The van der Waals surface area contributed by atoms with Crippen molar-refractivity contribution in [1.82, 2.24) is 0 Å². The quantitative estimate of drug-likeness (QED) is 0.473. The first kappa shape index (κ1) is 6.29. The second kappa shape index (κ2) is 3.48. The van der Waals surface area contributed by atoms with Crippen molar-refractivity contribution in [3.05, 3.63) is 6.42 Å². The van der Waals surface area contributed by atoms with Crippen LogP contribution in [0.15, 0.2) is 0 Å². The van der Waals surface area contributed by atoms with Gasteiger partial charge in [0, 0.05) is 5.38 Å². The lowest BCUT2D eigenvalue weighted by atomic mass is 10.3. The third-order valence-corrected chi connectivity index (χ3v) is 0.739. The summed E-state index contributed by atoms with van der Waals surface area (Å²) in [6.07, 6.45) is 3.13. The van der Waals surface area contributed by atoms with E-state index in [4.69, 9.17) is 11.6 Å². The first-order chi connectivity index (χ1) is 2.77. The molecule has 0 N–H and O–H groups in total. The van der Waals surface area contributed by atoms with Gasteiger partial charge in [-0.25, -0.2) is 0 Å². The molecule has 1 radical (unpaired) electrons. The van der Waals surface area contributed by atoms with Gasteiger partial charge in [-0.1, -0.05) is 13.3 Å². The van der Waals surface area contributed by atoms with E-state index in [1.807, 2.05) is 6.92 Å². The molecular weight excluding hydrogens is 95.5 g/mol. The van der Waals surface area contributed by atoms with E-state index in [2.05, 4.69) is 13.3 Å². The minimum atomic E-state index is 0.245. The number of alkyl halides is 1. The van der Waals surface area contributed by atoms with Crippen LogP contribution in [0.3, 0.4) is 0 Å². The molecule has 37 valence electrons. The van der Waals surface area contributed by atoms with Crippen molar-refractivity contribution >= 4 is 11.6 Å². The minimum absolute atomic E-state index is 0.245. The number of hydrogen-bond acceptors (Lipinski definition) is 0. The molecule has 1 unspecified atom stereocenters. The van der Waals surface area contributed by atoms with Gasteiger partial charge >= 0.3 is 0 Å². The SMILES string of the molecule is CC[CH]C(C)Cl. The van der Waals surface area contributed by atoms with Crippen LogP contribution in [0.2, 0.25) is 0 Å². The lowest BCUT2D eigenvalue weighted by Crippen LogP contribution is -1.87. The number of halogens is 1. The van der Waals surface area contributed by atoms with E-state index < -0.39 is 0 Å². The standard InChI is InChI=1S/C5H10Cl/c1-3-4-5(2)6/h4-5H,3H2,1-2H3. The molecule has 0 aliphatic carbocycles. The fraction of sp³-hybridized carbons (Fsp3) is 0.800. The molecule has 0 aliphatic heterocycles. The van der Waals surface area contributed by atoms with E-state index >= 15 is 0 Å². The molecular formula is C5H10Cl. The van der Waals surface area contributed by atoms with Crippen LogP contribution >= 0.6 is 11.6 Å². The van der Waals surface area contributed by atoms with Gasteiger partial charge in [0.2, 0.25) is 0 Å². The monoisotopic (exact) mass is 105 g/mol. The van der Waals surface area contributed by atoms with Crippen LogP contribution in [0.25, 0.3) is 0 Å². The molecule has 6 heavy (non-hydrogen) atoms. The number of hydrogen-bond donors (Lipinski definition) is 0. The highest BCUT2D eigenvalue weighted by molar-refractivity contribution is 6.21. The summed E-state index contributed by atoms with van der Waals surface area (Å²) in [7, 11) is 0. The van der Waals surface area contributed by atoms with Gasteiger partial charge in [0.15, 0.2) is 0 Å². The Morgan fingerprint density at radius 3 is 2.33 bits per heavy atom. The molecule has 0 aliphatic rings. The highest BCUT2D eigenvalue weighted by Crippen LogP contribution is 1.99. The van der Waals surface area contributed by atoms with Gasteiger partial charge in [-0.3, -0.25) is 0 Å². The summed E-state index contributed by atoms with van der Waals surface area (Å²) in [6, 6.07) is 0. The van der Waals surface area contributed by atoms with Gasteiger partial charge in [0.1, 0.15) is 0 Å². The molecule has 0 saturated heterocycles. The van der Waals surface area contributed by atoms with Crippen molar-refractivity contribution in [1.29, 1.82) is 0 Å². The van der Waals surface area contributed by atoms with Crippen LogP contribution in [0.4, 0.5) is 0 Å². The Labute approximate surface area is 44.5 Å². The van der Waals surface area contributed by atoms with Crippen LogP contribution in [-0.2, 0) is 0 Å². The summed E-state index contributed by atoms with van der Waals surface area (Å²) in [5.74, 6) is 0. The smallest absolute Gasteiger partial charge is 0.0339 e. The molecule has 0 fully saturated rings. The van der Waals surface area contributed by atoms with Gasteiger partial charge in [-0.15, -0.1) is 11.6 Å². The molecule has 1 atom stereocenters. The van der Waals surface area contributed by atoms with E-state index in [1.165, 1.54) is 0 Å². The first-order valence-electron chi connectivity index (χ1n) is 2.24. The van der Waals surface area contributed by atoms with E-state index in [9.17, 15) is 0 Å². The zero-order chi connectivity index (χ0) is 4.99. The van der Waals surface area contributed by atoms with Crippen LogP contribution in [0, 0.1) is 6.42 Å². The fourth-order valence-electron chi connectivity index (χ4n) is 0.325. The van der Waals surface area contributed by atoms with Gasteiger partial charge in [0.25, 0.3) is 0 Å². The molecule has 0 spiro atoms. The third-order valence-electron chi connectivity index (χ3n) is 0.560. The maximum atomic E-state index is 5.52. The molecule has 0 amide bonds. The topological polar surface area (TPSA) is 0 Å². The van der Waals surface area contributed by atoms with Gasteiger partial charge < -0.3 is 0 Å². The highest BCUT2D eigenvalue weighted by atomic mass is 35.5. The van der Waals surface area contributed by atoms with Crippen molar-refractivity contribution < 1.29 is 0 Å². The van der Waals surface area contributed by atoms with Crippen LogP contribution < -0.4 is 0 Å². The Morgan fingerprint density at radius 1 is 1.83 bits per heavy atom. The van der Waals surface area contributed by atoms with E-state index in [-0.39, 0.29) is 5.38 Å². The van der Waals surface area contributed by atoms with Crippen molar-refractivity contribution in [3.8, 4) is 0 Å². The zero-order valence-electron chi connectivity index (χ0n) is 4.24. The number of rotatable bonds is 2.